The molecule has 0 N–H and O–H groups in total. The molecule has 0 fully saturated rings. The van der Waals surface area contributed by atoms with Gasteiger partial charge in [0.05, 0.1) is 0 Å². The van der Waals surface area contributed by atoms with Crippen LogP contribution < -0.4 is 0 Å². The molecule has 0 saturated carbocycles. The molecule has 1 nitrogen and oxygen atoms in total. The minimum Gasteiger partial charge on any atom is -0.300 e. The van der Waals surface area contributed by atoms with Crippen molar-refractivity contribution in [1.29, 1.82) is 0 Å². The molecule has 0 aromatic rings. The number of hydrogen-bond acceptors (Lipinski definition) is 1. The summed E-state index contributed by atoms with van der Waals surface area (Å²) in [5.41, 5.74) is 0. The van der Waals surface area contributed by atoms with Gasteiger partial charge in [0.15, 0.2) is 0 Å². The SMILES string of the molecule is C=CC.CCC(=O)CC. The second-order valence-corrected chi connectivity index (χ2v) is 1.65. The molecule has 0 saturated heterocycles. The van der Waals surface area contributed by atoms with Crippen LogP contribution in [0.2, 0.25) is 0 Å². The van der Waals surface area contributed by atoms with E-state index in [0.29, 0.717) is 18.6 Å². The monoisotopic (exact) mass is 128 g/mol. The lowest BCUT2D eigenvalue weighted by Gasteiger charge is -1.81. The number of rotatable bonds is 2. The third kappa shape index (κ3) is 18.7. The van der Waals surface area contributed by atoms with Gasteiger partial charge in [-0.2, -0.15) is 0 Å². The average Bonchev–Trinajstić information content (AvgIpc) is 1.88. The Labute approximate surface area is 57.8 Å². The third-order valence-corrected chi connectivity index (χ3v) is 0.789. The molecule has 9 heavy (non-hydrogen) atoms. The van der Waals surface area contributed by atoms with Crippen molar-refractivity contribution in [1.82, 2.24) is 0 Å². The first-order valence-corrected chi connectivity index (χ1v) is 3.31. The van der Waals surface area contributed by atoms with E-state index in [9.17, 15) is 4.79 Å². The molecule has 0 spiro atoms. The molecule has 0 amide bonds. The predicted molar refractivity (Wildman–Crippen MR) is 41.5 cm³/mol. The second kappa shape index (κ2) is 10.4. The second-order valence-electron chi connectivity index (χ2n) is 1.65. The molecule has 0 aromatic carbocycles. The fraction of sp³-hybridized carbons (Fsp3) is 0.625. The predicted octanol–water partition coefficient (Wildman–Crippen LogP) is 2.57. The third-order valence-electron chi connectivity index (χ3n) is 0.789. The highest BCUT2D eigenvalue weighted by atomic mass is 16.1. The first kappa shape index (κ1) is 11.2. The Bertz CT molecular complexity index is 68.6. The molecule has 0 rings (SSSR count). The molecule has 0 atom stereocenters. The minimum atomic E-state index is 0.343. The standard InChI is InChI=1S/C5H10O.C3H6/c1-3-5(6)4-2;1-3-2/h3-4H2,1-2H3;3H,1H2,2H3. The van der Waals surface area contributed by atoms with Crippen molar-refractivity contribution in [2.75, 3.05) is 0 Å². The van der Waals surface area contributed by atoms with E-state index < -0.39 is 0 Å². The molecular formula is C8H16O. The van der Waals surface area contributed by atoms with Crippen LogP contribution in [0.1, 0.15) is 33.6 Å². The largest absolute Gasteiger partial charge is 0.300 e. The van der Waals surface area contributed by atoms with E-state index in [1.165, 1.54) is 0 Å². The Kier molecular flexibility index (Phi) is 13.0. The number of carbonyl (C=O) groups is 1. The normalized spacial score (nSPS) is 7.00. The summed E-state index contributed by atoms with van der Waals surface area (Å²) in [4.78, 5) is 10.2. The van der Waals surface area contributed by atoms with Crippen LogP contribution in [0.5, 0.6) is 0 Å². The molecule has 0 aliphatic rings. The summed E-state index contributed by atoms with van der Waals surface area (Å²) < 4.78 is 0. The highest BCUT2D eigenvalue weighted by Gasteiger charge is 1.86. The van der Waals surface area contributed by atoms with Gasteiger partial charge in [0, 0.05) is 12.8 Å². The Morgan fingerprint density at radius 1 is 1.44 bits per heavy atom. The average molecular weight is 128 g/mol. The molecule has 0 aliphatic carbocycles. The van der Waals surface area contributed by atoms with Crippen molar-refractivity contribution in [3.05, 3.63) is 12.7 Å². The summed E-state index contributed by atoms with van der Waals surface area (Å²) in [5.74, 6) is 0.343. The molecule has 0 aliphatic heterocycles. The van der Waals surface area contributed by atoms with Gasteiger partial charge in [0.1, 0.15) is 5.78 Å². The van der Waals surface area contributed by atoms with Crippen LogP contribution in [-0.4, -0.2) is 5.78 Å². The number of allylic oxidation sites excluding steroid dienone is 1. The highest BCUT2D eigenvalue weighted by Crippen LogP contribution is 1.82. The van der Waals surface area contributed by atoms with E-state index in [2.05, 4.69) is 6.58 Å². The Hall–Kier alpha value is -0.590. The molecule has 0 bridgehead atoms. The Balaban J connectivity index is 0. The van der Waals surface area contributed by atoms with Crippen molar-refractivity contribution in [2.45, 2.75) is 33.6 Å². The van der Waals surface area contributed by atoms with Crippen molar-refractivity contribution in [3.63, 3.8) is 0 Å². The Morgan fingerprint density at radius 2 is 1.67 bits per heavy atom. The van der Waals surface area contributed by atoms with Gasteiger partial charge in [-0.1, -0.05) is 19.9 Å². The smallest absolute Gasteiger partial charge is 0.132 e. The van der Waals surface area contributed by atoms with E-state index in [-0.39, 0.29) is 0 Å². The van der Waals surface area contributed by atoms with Gasteiger partial charge in [0.25, 0.3) is 0 Å². The molecular weight excluding hydrogens is 112 g/mol. The zero-order valence-electron chi connectivity index (χ0n) is 6.61. The maximum atomic E-state index is 10.2. The van der Waals surface area contributed by atoms with E-state index in [0.717, 1.165) is 0 Å². The number of carbonyl (C=O) groups excluding carboxylic acids is 1. The molecule has 1 heteroatoms. The minimum absolute atomic E-state index is 0.343. The number of Topliss-reactive ketones (excluding diaryl/α,β-unsaturated/α-hetero) is 1. The van der Waals surface area contributed by atoms with Gasteiger partial charge in [-0.05, 0) is 6.92 Å². The van der Waals surface area contributed by atoms with Gasteiger partial charge < -0.3 is 0 Å². The molecule has 0 unspecified atom stereocenters. The van der Waals surface area contributed by atoms with Crippen LogP contribution >= 0.6 is 0 Å². The summed E-state index contributed by atoms with van der Waals surface area (Å²) >= 11 is 0. The summed E-state index contributed by atoms with van der Waals surface area (Å²) in [5, 5.41) is 0. The lowest BCUT2D eigenvalue weighted by molar-refractivity contribution is -0.118. The maximum absolute atomic E-state index is 10.2. The van der Waals surface area contributed by atoms with Crippen LogP contribution in [0, 0.1) is 0 Å². The zero-order valence-corrected chi connectivity index (χ0v) is 6.61. The van der Waals surface area contributed by atoms with E-state index in [4.69, 9.17) is 0 Å². The van der Waals surface area contributed by atoms with Crippen molar-refractivity contribution in [3.8, 4) is 0 Å². The van der Waals surface area contributed by atoms with Crippen molar-refractivity contribution >= 4 is 5.78 Å². The quantitative estimate of drug-likeness (QED) is 0.522. The lowest BCUT2D eigenvalue weighted by atomic mass is 10.3. The number of hydrogen-bond donors (Lipinski definition) is 0. The van der Waals surface area contributed by atoms with Gasteiger partial charge >= 0.3 is 0 Å². The summed E-state index contributed by atoms with van der Waals surface area (Å²) in [6.07, 6.45) is 3.13. The van der Waals surface area contributed by atoms with Crippen molar-refractivity contribution in [2.24, 2.45) is 0 Å². The van der Waals surface area contributed by atoms with Crippen molar-refractivity contribution < 1.29 is 4.79 Å². The first-order chi connectivity index (χ1) is 4.22. The Morgan fingerprint density at radius 3 is 1.67 bits per heavy atom. The fourth-order valence-electron chi connectivity index (χ4n) is 0.250. The van der Waals surface area contributed by atoms with Gasteiger partial charge in [-0.25, -0.2) is 0 Å². The molecule has 0 radical (unpaired) electrons. The van der Waals surface area contributed by atoms with Gasteiger partial charge in [0.2, 0.25) is 0 Å². The molecule has 54 valence electrons. The summed E-state index contributed by atoms with van der Waals surface area (Å²) in [7, 11) is 0. The van der Waals surface area contributed by atoms with E-state index >= 15 is 0 Å². The van der Waals surface area contributed by atoms with E-state index in [1.54, 1.807) is 6.08 Å². The van der Waals surface area contributed by atoms with Crippen LogP contribution in [0.3, 0.4) is 0 Å². The maximum Gasteiger partial charge on any atom is 0.132 e. The lowest BCUT2D eigenvalue weighted by Crippen LogP contribution is -1.88. The summed E-state index contributed by atoms with van der Waals surface area (Å²) in [6, 6.07) is 0. The fourth-order valence-corrected chi connectivity index (χ4v) is 0.250. The van der Waals surface area contributed by atoms with Crippen LogP contribution in [0.15, 0.2) is 12.7 Å². The van der Waals surface area contributed by atoms with Crippen LogP contribution in [-0.2, 0) is 4.79 Å². The highest BCUT2D eigenvalue weighted by molar-refractivity contribution is 5.77. The zero-order chi connectivity index (χ0) is 7.70. The number of ketones is 1. The molecule has 0 heterocycles. The van der Waals surface area contributed by atoms with Crippen LogP contribution in [0.25, 0.3) is 0 Å². The molecule has 0 aromatic heterocycles. The topological polar surface area (TPSA) is 17.1 Å². The summed E-state index contributed by atoms with van der Waals surface area (Å²) in [6.45, 7) is 9.01. The van der Waals surface area contributed by atoms with Crippen LogP contribution in [0.4, 0.5) is 0 Å². The van der Waals surface area contributed by atoms with Gasteiger partial charge in [-0.3, -0.25) is 4.79 Å². The first-order valence-electron chi connectivity index (χ1n) is 3.31. The van der Waals surface area contributed by atoms with E-state index in [1.807, 2.05) is 20.8 Å². The van der Waals surface area contributed by atoms with Gasteiger partial charge in [-0.15, -0.1) is 6.58 Å².